The van der Waals surface area contributed by atoms with Crippen LogP contribution in [0.1, 0.15) is 25.0 Å². The molecule has 1 aliphatic rings. The highest BCUT2D eigenvalue weighted by atomic mass is 16.1. The molecule has 1 heteroatoms. The van der Waals surface area contributed by atoms with E-state index in [4.69, 9.17) is 0 Å². The van der Waals surface area contributed by atoms with Crippen molar-refractivity contribution in [1.82, 2.24) is 0 Å². The summed E-state index contributed by atoms with van der Waals surface area (Å²) >= 11 is 0. The van der Waals surface area contributed by atoms with Crippen molar-refractivity contribution < 1.29 is 4.79 Å². The number of ketones is 1. The Hall–Kier alpha value is -2.41. The number of hydrogen-bond acceptors (Lipinski definition) is 1. The minimum absolute atomic E-state index is 0.0406. The van der Waals surface area contributed by atoms with Crippen molar-refractivity contribution >= 4 is 16.9 Å². The number of allylic oxidation sites excluding steroid dienone is 4. The summed E-state index contributed by atoms with van der Waals surface area (Å²) in [5.74, 6) is 0.406. The first kappa shape index (κ1) is 14.5. The number of rotatable bonds is 4. The fraction of sp³-hybridized carbons (Fsp3) is 0.190. The zero-order valence-corrected chi connectivity index (χ0v) is 13.0. The summed E-state index contributed by atoms with van der Waals surface area (Å²) in [5, 5.41) is 0. The van der Waals surface area contributed by atoms with Gasteiger partial charge in [-0.05, 0) is 36.1 Å². The van der Waals surface area contributed by atoms with E-state index in [1.54, 1.807) is 0 Å². The van der Waals surface area contributed by atoms with Gasteiger partial charge in [-0.25, -0.2) is 0 Å². The number of Topliss-reactive ketones (excluding diaryl/α,β-unsaturated/α-hetero) is 1. The fourth-order valence-corrected chi connectivity index (χ4v) is 2.78. The average Bonchev–Trinajstić information content (AvgIpc) is 3.16. The molecular formula is C21H20O. The van der Waals surface area contributed by atoms with Crippen LogP contribution < -0.4 is 0 Å². The van der Waals surface area contributed by atoms with Crippen LogP contribution in [0.5, 0.6) is 0 Å². The summed E-state index contributed by atoms with van der Waals surface area (Å²) in [7, 11) is 0. The Morgan fingerprint density at radius 2 is 1.09 bits per heavy atom. The lowest BCUT2D eigenvalue weighted by atomic mass is 10.0. The molecule has 2 aromatic rings. The van der Waals surface area contributed by atoms with Gasteiger partial charge in [-0.1, -0.05) is 72.8 Å². The standard InChI is InChI=1S/C21H20O/c1-15(17-9-5-3-6-10-17)13-19-20(21(19)22)14-16(2)18-11-7-4-8-12-18/h3-14,19-20H,1-2H3. The number of benzene rings is 2. The quantitative estimate of drug-likeness (QED) is 0.773. The third kappa shape index (κ3) is 3.09. The molecule has 0 heterocycles. The van der Waals surface area contributed by atoms with Gasteiger partial charge in [0.25, 0.3) is 0 Å². The highest BCUT2D eigenvalue weighted by Crippen LogP contribution is 2.39. The molecule has 2 unspecified atom stereocenters. The first-order chi connectivity index (χ1) is 10.7. The summed E-state index contributed by atoms with van der Waals surface area (Å²) < 4.78 is 0. The fourth-order valence-electron chi connectivity index (χ4n) is 2.78. The molecular weight excluding hydrogens is 268 g/mol. The molecule has 0 amide bonds. The molecule has 1 aliphatic carbocycles. The molecule has 0 saturated heterocycles. The maximum absolute atomic E-state index is 12.1. The van der Waals surface area contributed by atoms with Crippen molar-refractivity contribution in [3.05, 3.63) is 83.9 Å². The van der Waals surface area contributed by atoms with Gasteiger partial charge in [-0.2, -0.15) is 0 Å². The smallest absolute Gasteiger partial charge is 0.148 e. The first-order valence-electron chi connectivity index (χ1n) is 7.68. The monoisotopic (exact) mass is 288 g/mol. The predicted molar refractivity (Wildman–Crippen MR) is 92.2 cm³/mol. The first-order valence-corrected chi connectivity index (χ1v) is 7.68. The van der Waals surface area contributed by atoms with E-state index >= 15 is 0 Å². The van der Waals surface area contributed by atoms with Gasteiger partial charge < -0.3 is 0 Å². The highest BCUT2D eigenvalue weighted by Gasteiger charge is 2.45. The molecule has 0 bridgehead atoms. The summed E-state index contributed by atoms with van der Waals surface area (Å²) in [6.07, 6.45) is 4.22. The number of hydrogen-bond donors (Lipinski definition) is 0. The molecule has 2 aromatic carbocycles. The lowest BCUT2D eigenvalue weighted by Crippen LogP contribution is -1.83. The van der Waals surface area contributed by atoms with Crippen LogP contribution in [0.15, 0.2) is 72.8 Å². The Morgan fingerprint density at radius 3 is 1.45 bits per heavy atom. The molecule has 0 radical (unpaired) electrons. The van der Waals surface area contributed by atoms with Crippen LogP contribution in [0.25, 0.3) is 11.1 Å². The van der Waals surface area contributed by atoms with E-state index in [0.717, 1.165) is 0 Å². The molecule has 1 fully saturated rings. The van der Waals surface area contributed by atoms with Crippen LogP contribution in [0.4, 0.5) is 0 Å². The van der Waals surface area contributed by atoms with E-state index in [1.807, 2.05) is 36.4 Å². The van der Waals surface area contributed by atoms with Gasteiger partial charge in [0.15, 0.2) is 0 Å². The maximum atomic E-state index is 12.1. The zero-order chi connectivity index (χ0) is 15.5. The van der Waals surface area contributed by atoms with Crippen LogP contribution in [-0.4, -0.2) is 5.78 Å². The van der Waals surface area contributed by atoms with E-state index in [1.165, 1.54) is 22.3 Å². The Morgan fingerprint density at radius 1 is 0.727 bits per heavy atom. The Kier molecular flexibility index (Phi) is 4.06. The van der Waals surface area contributed by atoms with E-state index in [0.29, 0.717) is 5.78 Å². The van der Waals surface area contributed by atoms with Crippen molar-refractivity contribution in [3.8, 4) is 0 Å². The average molecular weight is 288 g/mol. The SMILES string of the molecule is CC(=CC1C(=O)C1C=C(C)c1ccccc1)c1ccccc1. The van der Waals surface area contributed by atoms with Crippen LogP contribution in [-0.2, 0) is 4.79 Å². The Labute approximate surface area is 132 Å². The molecule has 0 aromatic heterocycles. The molecule has 1 nitrogen and oxygen atoms in total. The van der Waals surface area contributed by atoms with E-state index in [-0.39, 0.29) is 11.8 Å². The van der Waals surface area contributed by atoms with Gasteiger partial charge in [0, 0.05) is 0 Å². The number of carbonyl (C=O) groups excluding carboxylic acids is 1. The largest absolute Gasteiger partial charge is 0.298 e. The number of carbonyl (C=O) groups is 1. The summed E-state index contributed by atoms with van der Waals surface area (Å²) in [6.45, 7) is 4.15. The van der Waals surface area contributed by atoms with Crippen molar-refractivity contribution in [2.45, 2.75) is 13.8 Å². The second-order valence-corrected chi connectivity index (χ2v) is 5.89. The van der Waals surface area contributed by atoms with Crippen LogP contribution in [0, 0.1) is 11.8 Å². The van der Waals surface area contributed by atoms with Crippen molar-refractivity contribution in [2.75, 3.05) is 0 Å². The zero-order valence-electron chi connectivity index (χ0n) is 13.0. The van der Waals surface area contributed by atoms with Crippen molar-refractivity contribution in [1.29, 1.82) is 0 Å². The third-order valence-electron chi connectivity index (χ3n) is 4.25. The molecule has 3 rings (SSSR count). The molecule has 0 spiro atoms. The topological polar surface area (TPSA) is 17.1 Å². The maximum Gasteiger partial charge on any atom is 0.148 e. The van der Waals surface area contributed by atoms with Crippen molar-refractivity contribution in [2.24, 2.45) is 11.8 Å². The summed E-state index contributed by atoms with van der Waals surface area (Å²) in [4.78, 5) is 12.1. The second kappa shape index (κ2) is 6.15. The van der Waals surface area contributed by atoms with Gasteiger partial charge in [0.1, 0.15) is 5.78 Å². The molecule has 0 N–H and O–H groups in total. The highest BCUT2D eigenvalue weighted by molar-refractivity contribution is 6.04. The van der Waals surface area contributed by atoms with Gasteiger partial charge in [-0.3, -0.25) is 4.79 Å². The van der Waals surface area contributed by atoms with Crippen LogP contribution >= 0.6 is 0 Å². The van der Waals surface area contributed by atoms with Gasteiger partial charge in [-0.15, -0.1) is 0 Å². The van der Waals surface area contributed by atoms with Gasteiger partial charge in [0.2, 0.25) is 0 Å². The van der Waals surface area contributed by atoms with E-state index in [2.05, 4.69) is 50.3 Å². The van der Waals surface area contributed by atoms with E-state index in [9.17, 15) is 4.79 Å². The second-order valence-electron chi connectivity index (χ2n) is 5.89. The molecule has 1 saturated carbocycles. The van der Waals surface area contributed by atoms with Gasteiger partial charge >= 0.3 is 0 Å². The lowest BCUT2D eigenvalue weighted by Gasteiger charge is -2.01. The molecule has 110 valence electrons. The third-order valence-corrected chi connectivity index (χ3v) is 4.25. The van der Waals surface area contributed by atoms with Gasteiger partial charge in [0.05, 0.1) is 11.8 Å². The van der Waals surface area contributed by atoms with Crippen molar-refractivity contribution in [3.63, 3.8) is 0 Å². The normalized spacial score (nSPS) is 21.8. The van der Waals surface area contributed by atoms with Crippen LogP contribution in [0.3, 0.4) is 0 Å². The van der Waals surface area contributed by atoms with E-state index < -0.39 is 0 Å². The lowest BCUT2D eigenvalue weighted by molar-refractivity contribution is -0.111. The predicted octanol–water partition coefficient (Wildman–Crippen LogP) is 5.01. The summed E-state index contributed by atoms with van der Waals surface area (Å²) in [6, 6.07) is 20.4. The molecule has 0 aliphatic heterocycles. The van der Waals surface area contributed by atoms with Crippen LogP contribution in [0.2, 0.25) is 0 Å². The Balaban J connectivity index is 1.75. The minimum Gasteiger partial charge on any atom is -0.298 e. The minimum atomic E-state index is 0.0406. The Bertz CT molecular complexity index is 660. The molecule has 2 atom stereocenters. The summed E-state index contributed by atoms with van der Waals surface area (Å²) in [5.41, 5.74) is 4.72. The molecule has 22 heavy (non-hydrogen) atoms.